The molecule has 2 aliphatic rings. The minimum atomic E-state index is -1.48. The van der Waals surface area contributed by atoms with Crippen molar-refractivity contribution in [1.29, 1.82) is 0 Å². The lowest BCUT2D eigenvalue weighted by atomic mass is 9.81. The number of ether oxygens (including phenoxy) is 1. The third-order valence-corrected chi connectivity index (χ3v) is 3.79. The van der Waals surface area contributed by atoms with Gasteiger partial charge in [0.05, 0.1) is 10.5 Å². The van der Waals surface area contributed by atoms with Gasteiger partial charge in [-0.3, -0.25) is 14.9 Å². The summed E-state index contributed by atoms with van der Waals surface area (Å²) in [4.78, 5) is 22.2. The molecule has 0 fully saturated rings. The van der Waals surface area contributed by atoms with E-state index in [0.29, 0.717) is 29.7 Å². The van der Waals surface area contributed by atoms with Gasteiger partial charge in [0.25, 0.3) is 5.69 Å². The van der Waals surface area contributed by atoms with Gasteiger partial charge in [0.1, 0.15) is 12.4 Å². The van der Waals surface area contributed by atoms with Crippen LogP contribution in [0.2, 0.25) is 0 Å². The van der Waals surface area contributed by atoms with E-state index in [1.807, 2.05) is 0 Å². The number of benzene rings is 1. The van der Waals surface area contributed by atoms with Crippen molar-refractivity contribution >= 4 is 11.5 Å². The zero-order chi connectivity index (χ0) is 14.3. The molecule has 1 aliphatic heterocycles. The van der Waals surface area contributed by atoms with Crippen LogP contribution in [-0.2, 0) is 15.1 Å². The van der Waals surface area contributed by atoms with E-state index in [2.05, 4.69) is 0 Å². The van der Waals surface area contributed by atoms with Crippen LogP contribution in [0.4, 0.5) is 5.69 Å². The number of Topliss-reactive ketones (excluding diaryl/α,β-unsaturated/α-hetero) is 1. The monoisotopic (exact) mass is 275 g/mol. The fourth-order valence-electron chi connectivity index (χ4n) is 2.77. The zero-order valence-corrected chi connectivity index (χ0v) is 10.7. The highest BCUT2D eigenvalue weighted by atomic mass is 16.6. The number of ketones is 1. The molecule has 0 radical (unpaired) electrons. The summed E-state index contributed by atoms with van der Waals surface area (Å²) >= 11 is 0. The van der Waals surface area contributed by atoms with Gasteiger partial charge in [-0.15, -0.1) is 0 Å². The number of allylic oxidation sites excluding steroid dienone is 1. The van der Waals surface area contributed by atoms with Gasteiger partial charge in [0.2, 0.25) is 0 Å². The highest BCUT2D eigenvalue weighted by molar-refractivity contribution is 5.99. The van der Waals surface area contributed by atoms with E-state index in [0.717, 1.165) is 6.42 Å². The maximum atomic E-state index is 12.0. The second-order valence-corrected chi connectivity index (χ2v) is 5.03. The molecular weight excluding hydrogens is 262 g/mol. The predicted molar refractivity (Wildman–Crippen MR) is 68.8 cm³/mol. The molecule has 0 unspecified atom stereocenters. The van der Waals surface area contributed by atoms with E-state index in [-0.39, 0.29) is 18.1 Å². The van der Waals surface area contributed by atoms with Crippen LogP contribution in [0.15, 0.2) is 35.6 Å². The number of nitrogens with zero attached hydrogens (tertiary/aromatic N) is 1. The number of nitro benzene ring substituents is 1. The molecule has 20 heavy (non-hydrogen) atoms. The first-order valence-corrected chi connectivity index (χ1v) is 6.39. The molecular formula is C14H13NO5. The van der Waals surface area contributed by atoms with E-state index in [1.54, 1.807) is 0 Å². The van der Waals surface area contributed by atoms with Crippen LogP contribution in [0.1, 0.15) is 24.8 Å². The Labute approximate surface area is 114 Å². The molecule has 0 bridgehead atoms. The fourth-order valence-corrected chi connectivity index (χ4v) is 2.77. The zero-order valence-electron chi connectivity index (χ0n) is 10.7. The van der Waals surface area contributed by atoms with Crippen molar-refractivity contribution in [3.8, 4) is 0 Å². The summed E-state index contributed by atoms with van der Waals surface area (Å²) < 4.78 is 5.45. The van der Waals surface area contributed by atoms with Crippen molar-refractivity contribution in [2.45, 2.75) is 24.9 Å². The highest BCUT2D eigenvalue weighted by Gasteiger charge is 2.47. The topological polar surface area (TPSA) is 89.7 Å². The smallest absolute Gasteiger partial charge is 0.269 e. The van der Waals surface area contributed by atoms with Gasteiger partial charge in [0.15, 0.2) is 11.4 Å². The third-order valence-electron chi connectivity index (χ3n) is 3.79. The lowest BCUT2D eigenvalue weighted by Crippen LogP contribution is -2.33. The number of hydrogen-bond acceptors (Lipinski definition) is 5. The molecule has 3 rings (SSSR count). The molecule has 1 aromatic rings. The number of nitro groups is 1. The van der Waals surface area contributed by atoms with Crippen molar-refractivity contribution in [1.82, 2.24) is 0 Å². The molecule has 6 heteroatoms. The SMILES string of the molecule is O=C1CCCC2=C1[C@](O)(c1ccc([N+](=O)[O-])cc1)CO2. The molecule has 0 aromatic heterocycles. The average molecular weight is 275 g/mol. The molecule has 1 heterocycles. The fraction of sp³-hybridized carbons (Fsp3) is 0.357. The van der Waals surface area contributed by atoms with Crippen LogP contribution in [-0.4, -0.2) is 22.4 Å². The first kappa shape index (κ1) is 12.8. The van der Waals surface area contributed by atoms with Gasteiger partial charge in [-0.05, 0) is 24.1 Å². The standard InChI is InChI=1S/C14H13NO5/c16-11-2-1-3-12-13(11)14(17,8-20-12)9-4-6-10(7-5-9)15(18)19/h4-7,17H,1-3,8H2/t14-/m1/s1. The van der Waals surface area contributed by atoms with Crippen LogP contribution in [0.25, 0.3) is 0 Å². The summed E-state index contributed by atoms with van der Waals surface area (Å²) in [5, 5.41) is 21.4. The van der Waals surface area contributed by atoms with Crippen LogP contribution in [0, 0.1) is 10.1 Å². The largest absolute Gasteiger partial charge is 0.494 e. The molecule has 0 saturated heterocycles. The summed E-state index contributed by atoms with van der Waals surface area (Å²) in [6.45, 7) is -0.0127. The number of aliphatic hydroxyl groups is 1. The molecule has 0 saturated carbocycles. The summed E-state index contributed by atoms with van der Waals surface area (Å²) in [6.07, 6.45) is 1.78. The molecule has 0 amide bonds. The predicted octanol–water partition coefficient (Wildman–Crippen LogP) is 1.82. The van der Waals surface area contributed by atoms with Crippen molar-refractivity contribution in [2.24, 2.45) is 0 Å². The Hall–Kier alpha value is -2.21. The lowest BCUT2D eigenvalue weighted by molar-refractivity contribution is -0.384. The first-order valence-electron chi connectivity index (χ1n) is 6.39. The van der Waals surface area contributed by atoms with Crippen molar-refractivity contribution in [2.75, 3.05) is 6.61 Å². The van der Waals surface area contributed by atoms with Gasteiger partial charge < -0.3 is 9.84 Å². The maximum absolute atomic E-state index is 12.0. The maximum Gasteiger partial charge on any atom is 0.269 e. The van der Waals surface area contributed by atoms with Crippen LogP contribution >= 0.6 is 0 Å². The van der Waals surface area contributed by atoms with Crippen LogP contribution in [0.5, 0.6) is 0 Å². The number of non-ortho nitro benzene ring substituents is 1. The minimum absolute atomic E-state index is 0.0127. The Morgan fingerprint density at radius 2 is 1.95 bits per heavy atom. The van der Waals surface area contributed by atoms with Gasteiger partial charge in [0, 0.05) is 25.0 Å². The second-order valence-electron chi connectivity index (χ2n) is 5.03. The van der Waals surface area contributed by atoms with Gasteiger partial charge in [-0.25, -0.2) is 0 Å². The van der Waals surface area contributed by atoms with Crippen molar-refractivity contribution < 1.29 is 19.6 Å². The molecule has 1 atom stereocenters. The van der Waals surface area contributed by atoms with Crippen LogP contribution in [0.3, 0.4) is 0 Å². The van der Waals surface area contributed by atoms with Crippen molar-refractivity contribution in [3.05, 3.63) is 51.3 Å². The quantitative estimate of drug-likeness (QED) is 0.656. The van der Waals surface area contributed by atoms with E-state index in [4.69, 9.17) is 4.74 Å². The Balaban J connectivity index is 2.02. The van der Waals surface area contributed by atoms with Crippen LogP contribution < -0.4 is 0 Å². The summed E-state index contributed by atoms with van der Waals surface area (Å²) in [5.41, 5.74) is -0.775. The van der Waals surface area contributed by atoms with E-state index >= 15 is 0 Å². The summed E-state index contributed by atoms with van der Waals surface area (Å²) in [6, 6.07) is 5.58. The molecule has 1 N–H and O–H groups in total. The Bertz CT molecular complexity index is 619. The normalized spacial score (nSPS) is 25.4. The van der Waals surface area contributed by atoms with E-state index < -0.39 is 10.5 Å². The van der Waals surface area contributed by atoms with Gasteiger partial charge >= 0.3 is 0 Å². The molecule has 104 valence electrons. The lowest BCUT2D eigenvalue weighted by Gasteiger charge is -2.24. The second kappa shape index (κ2) is 4.42. The Morgan fingerprint density at radius 1 is 1.25 bits per heavy atom. The molecule has 6 nitrogen and oxygen atoms in total. The summed E-state index contributed by atoms with van der Waals surface area (Å²) in [7, 11) is 0. The van der Waals surface area contributed by atoms with Crippen molar-refractivity contribution in [3.63, 3.8) is 0 Å². The molecule has 0 spiro atoms. The van der Waals surface area contributed by atoms with E-state index in [9.17, 15) is 20.0 Å². The first-order chi connectivity index (χ1) is 9.52. The highest BCUT2D eigenvalue weighted by Crippen LogP contribution is 2.43. The van der Waals surface area contributed by atoms with Gasteiger partial charge in [-0.2, -0.15) is 0 Å². The number of rotatable bonds is 2. The molecule has 1 aliphatic carbocycles. The summed E-state index contributed by atoms with van der Waals surface area (Å²) in [5.74, 6) is 0.451. The average Bonchev–Trinajstić information content (AvgIpc) is 2.79. The van der Waals surface area contributed by atoms with E-state index in [1.165, 1.54) is 24.3 Å². The third kappa shape index (κ3) is 1.80. The van der Waals surface area contributed by atoms with Gasteiger partial charge in [-0.1, -0.05) is 0 Å². The minimum Gasteiger partial charge on any atom is -0.494 e. The Morgan fingerprint density at radius 3 is 2.60 bits per heavy atom. The Kier molecular flexibility index (Phi) is 2.83. The number of carbonyl (C=O) groups is 1. The number of hydrogen-bond donors (Lipinski definition) is 1. The molecule has 1 aromatic carbocycles. The number of carbonyl (C=O) groups excluding carboxylic acids is 1.